The minimum Gasteiger partial charge on any atom is -0.370 e. The highest BCUT2D eigenvalue weighted by Gasteiger charge is 2.35. The SMILES string of the molecule is FC(F)(F)c1nc2c(N3CCCCC3)cccc2[nH]1. The molecular formula is C13H14F3N3. The number of hydrogen-bond donors (Lipinski definition) is 1. The molecule has 1 aliphatic heterocycles. The fourth-order valence-electron chi connectivity index (χ4n) is 2.54. The molecule has 0 radical (unpaired) electrons. The van der Waals surface area contributed by atoms with Gasteiger partial charge in [-0.25, -0.2) is 4.98 Å². The highest BCUT2D eigenvalue weighted by molar-refractivity contribution is 5.89. The van der Waals surface area contributed by atoms with Crippen molar-refractivity contribution in [3.63, 3.8) is 0 Å². The summed E-state index contributed by atoms with van der Waals surface area (Å²) in [6.07, 6.45) is -1.10. The number of halogens is 3. The van der Waals surface area contributed by atoms with Crippen molar-refractivity contribution in [1.29, 1.82) is 0 Å². The van der Waals surface area contributed by atoms with Gasteiger partial charge in [-0.1, -0.05) is 6.07 Å². The Kier molecular flexibility index (Phi) is 2.88. The van der Waals surface area contributed by atoms with E-state index in [2.05, 4.69) is 14.9 Å². The highest BCUT2D eigenvalue weighted by Crippen LogP contribution is 2.32. The number of fused-ring (bicyclic) bond motifs is 1. The lowest BCUT2D eigenvalue weighted by molar-refractivity contribution is -0.144. The summed E-state index contributed by atoms with van der Waals surface area (Å²) in [6, 6.07) is 5.24. The van der Waals surface area contributed by atoms with Crippen LogP contribution in [0.4, 0.5) is 18.9 Å². The Hall–Kier alpha value is -1.72. The van der Waals surface area contributed by atoms with Crippen LogP contribution in [-0.2, 0) is 6.18 Å². The van der Waals surface area contributed by atoms with Gasteiger partial charge in [0.2, 0.25) is 5.82 Å². The highest BCUT2D eigenvalue weighted by atomic mass is 19.4. The molecule has 102 valence electrons. The number of aromatic amines is 1. The maximum Gasteiger partial charge on any atom is 0.449 e. The van der Waals surface area contributed by atoms with Gasteiger partial charge in [-0.2, -0.15) is 13.2 Å². The van der Waals surface area contributed by atoms with Crippen LogP contribution in [0.3, 0.4) is 0 Å². The van der Waals surface area contributed by atoms with Gasteiger partial charge < -0.3 is 9.88 Å². The van der Waals surface area contributed by atoms with E-state index in [0.717, 1.165) is 31.6 Å². The van der Waals surface area contributed by atoms with Crippen molar-refractivity contribution in [3.05, 3.63) is 24.0 Å². The molecular weight excluding hydrogens is 255 g/mol. The smallest absolute Gasteiger partial charge is 0.370 e. The van der Waals surface area contributed by atoms with E-state index in [1.165, 1.54) is 6.42 Å². The number of imidazole rings is 1. The molecule has 1 aromatic heterocycles. The molecule has 3 rings (SSSR count). The van der Waals surface area contributed by atoms with Crippen LogP contribution in [-0.4, -0.2) is 23.1 Å². The zero-order valence-electron chi connectivity index (χ0n) is 10.3. The Balaban J connectivity index is 2.07. The monoisotopic (exact) mass is 269 g/mol. The quantitative estimate of drug-likeness (QED) is 0.858. The number of nitrogens with one attached hydrogen (secondary N) is 1. The van der Waals surface area contributed by atoms with Gasteiger partial charge >= 0.3 is 6.18 Å². The van der Waals surface area contributed by atoms with Crippen LogP contribution in [0.1, 0.15) is 25.1 Å². The van der Waals surface area contributed by atoms with Crippen molar-refractivity contribution in [3.8, 4) is 0 Å². The van der Waals surface area contributed by atoms with Gasteiger partial charge in [0.25, 0.3) is 0 Å². The maximum absolute atomic E-state index is 12.7. The number of piperidine rings is 1. The normalized spacial score (nSPS) is 17.1. The first-order valence-electron chi connectivity index (χ1n) is 6.36. The van der Waals surface area contributed by atoms with Crippen molar-refractivity contribution in [1.82, 2.24) is 9.97 Å². The zero-order chi connectivity index (χ0) is 13.5. The van der Waals surface area contributed by atoms with Crippen molar-refractivity contribution < 1.29 is 13.2 Å². The topological polar surface area (TPSA) is 31.9 Å². The van der Waals surface area contributed by atoms with Crippen LogP contribution >= 0.6 is 0 Å². The fourth-order valence-corrected chi connectivity index (χ4v) is 2.54. The molecule has 0 unspecified atom stereocenters. The number of rotatable bonds is 1. The number of para-hydroxylation sites is 1. The molecule has 0 aliphatic carbocycles. The average Bonchev–Trinajstić information content (AvgIpc) is 2.83. The van der Waals surface area contributed by atoms with Crippen molar-refractivity contribution in [2.45, 2.75) is 25.4 Å². The zero-order valence-corrected chi connectivity index (χ0v) is 10.3. The number of hydrogen-bond acceptors (Lipinski definition) is 2. The number of benzene rings is 1. The fraction of sp³-hybridized carbons (Fsp3) is 0.462. The summed E-state index contributed by atoms with van der Waals surface area (Å²) in [5, 5.41) is 0. The molecule has 1 N–H and O–H groups in total. The number of H-pyrrole nitrogens is 1. The lowest BCUT2D eigenvalue weighted by atomic mass is 10.1. The first kappa shape index (κ1) is 12.3. The molecule has 0 atom stereocenters. The Bertz CT molecular complexity index is 582. The molecule has 6 heteroatoms. The number of alkyl halides is 3. The second-order valence-corrected chi connectivity index (χ2v) is 4.80. The molecule has 0 bridgehead atoms. The van der Waals surface area contributed by atoms with Gasteiger partial charge in [0.15, 0.2) is 0 Å². The van der Waals surface area contributed by atoms with Crippen LogP contribution in [0.25, 0.3) is 11.0 Å². The van der Waals surface area contributed by atoms with Gasteiger partial charge in [0.05, 0.1) is 11.2 Å². The molecule has 0 spiro atoms. The molecule has 2 aromatic rings. The summed E-state index contributed by atoms with van der Waals surface area (Å²) < 4.78 is 38.1. The second-order valence-electron chi connectivity index (χ2n) is 4.80. The minimum absolute atomic E-state index is 0.414. The Morgan fingerprint density at radius 2 is 1.84 bits per heavy atom. The third-order valence-corrected chi connectivity index (χ3v) is 3.46. The molecule has 19 heavy (non-hydrogen) atoms. The van der Waals surface area contributed by atoms with Crippen molar-refractivity contribution in [2.75, 3.05) is 18.0 Å². The third kappa shape index (κ3) is 2.27. The Labute approximate surface area is 108 Å². The van der Waals surface area contributed by atoms with Gasteiger partial charge in [-0.15, -0.1) is 0 Å². The van der Waals surface area contributed by atoms with Crippen molar-refractivity contribution >= 4 is 16.7 Å². The first-order chi connectivity index (χ1) is 9.05. The van der Waals surface area contributed by atoms with E-state index < -0.39 is 12.0 Å². The lowest BCUT2D eigenvalue weighted by Crippen LogP contribution is -2.29. The summed E-state index contributed by atoms with van der Waals surface area (Å²) in [7, 11) is 0. The summed E-state index contributed by atoms with van der Waals surface area (Å²) in [4.78, 5) is 8.21. The summed E-state index contributed by atoms with van der Waals surface area (Å²) in [6.45, 7) is 1.76. The number of aromatic nitrogens is 2. The largest absolute Gasteiger partial charge is 0.449 e. The molecule has 1 aliphatic rings. The van der Waals surface area contributed by atoms with E-state index in [9.17, 15) is 13.2 Å². The average molecular weight is 269 g/mol. The van der Waals surface area contributed by atoms with Gasteiger partial charge in [-0.3, -0.25) is 0 Å². The van der Waals surface area contributed by atoms with E-state index in [-0.39, 0.29) is 0 Å². The van der Waals surface area contributed by atoms with Crippen molar-refractivity contribution in [2.24, 2.45) is 0 Å². The lowest BCUT2D eigenvalue weighted by Gasteiger charge is -2.28. The number of anilines is 1. The maximum atomic E-state index is 12.7. The predicted molar refractivity (Wildman–Crippen MR) is 67.2 cm³/mol. The third-order valence-electron chi connectivity index (χ3n) is 3.46. The Morgan fingerprint density at radius 3 is 2.53 bits per heavy atom. The summed E-state index contributed by atoms with van der Waals surface area (Å²) in [5.74, 6) is -0.924. The van der Waals surface area contributed by atoms with Crippen LogP contribution in [0.15, 0.2) is 18.2 Å². The Morgan fingerprint density at radius 1 is 1.11 bits per heavy atom. The molecule has 1 fully saturated rings. The molecule has 3 nitrogen and oxygen atoms in total. The van der Waals surface area contributed by atoms with Gasteiger partial charge in [0, 0.05) is 13.1 Å². The van der Waals surface area contributed by atoms with Crippen LogP contribution < -0.4 is 4.90 Å². The molecule has 0 saturated carbocycles. The van der Waals surface area contributed by atoms with Crippen LogP contribution in [0.5, 0.6) is 0 Å². The van der Waals surface area contributed by atoms with Crippen LogP contribution in [0.2, 0.25) is 0 Å². The standard InChI is InChI=1S/C13H14F3N3/c14-13(15,16)12-17-9-5-4-6-10(11(9)18-12)19-7-2-1-3-8-19/h4-6H,1-3,7-8H2,(H,17,18). The molecule has 2 heterocycles. The second kappa shape index (κ2) is 4.43. The van der Waals surface area contributed by atoms with E-state index in [1.54, 1.807) is 12.1 Å². The van der Waals surface area contributed by atoms with Gasteiger partial charge in [-0.05, 0) is 31.4 Å². The van der Waals surface area contributed by atoms with E-state index in [4.69, 9.17) is 0 Å². The summed E-state index contributed by atoms with van der Waals surface area (Å²) >= 11 is 0. The van der Waals surface area contributed by atoms with Gasteiger partial charge in [0.1, 0.15) is 5.52 Å². The minimum atomic E-state index is -4.43. The van der Waals surface area contributed by atoms with Crippen LogP contribution in [0, 0.1) is 0 Å². The predicted octanol–water partition coefficient (Wildman–Crippen LogP) is 3.57. The molecule has 0 amide bonds. The van der Waals surface area contributed by atoms with E-state index >= 15 is 0 Å². The summed E-state index contributed by atoms with van der Waals surface area (Å²) in [5.41, 5.74) is 1.65. The molecule has 1 saturated heterocycles. The first-order valence-corrected chi connectivity index (χ1v) is 6.36. The van der Waals surface area contributed by atoms with E-state index in [1.807, 2.05) is 6.07 Å². The molecule has 1 aromatic carbocycles. The van der Waals surface area contributed by atoms with E-state index in [0.29, 0.717) is 11.0 Å². The number of nitrogens with zero attached hydrogens (tertiary/aromatic N) is 2.